The lowest BCUT2D eigenvalue weighted by atomic mass is 10.2. The maximum Gasteiger partial charge on any atom is 0.274 e. The highest BCUT2D eigenvalue weighted by Gasteiger charge is 2.24. The summed E-state index contributed by atoms with van der Waals surface area (Å²) < 4.78 is 13.2. The molecule has 1 aliphatic rings. The molecule has 31 heavy (non-hydrogen) atoms. The van der Waals surface area contributed by atoms with Crippen molar-refractivity contribution in [3.8, 4) is 0 Å². The van der Waals surface area contributed by atoms with Crippen LogP contribution in [0.4, 0.5) is 4.39 Å². The zero-order chi connectivity index (χ0) is 22.4. The Morgan fingerprint density at radius 3 is 2.23 bits per heavy atom. The number of halogens is 1. The average molecular weight is 427 g/mol. The fraction of sp³-hybridized carbons (Fsp3) is 0.409. The lowest BCUT2D eigenvalue weighted by Gasteiger charge is -2.34. The molecule has 3 amide bonds. The number of piperazine rings is 1. The van der Waals surface area contributed by atoms with Crippen LogP contribution in [0.5, 0.6) is 0 Å². The van der Waals surface area contributed by atoms with Gasteiger partial charge in [0.25, 0.3) is 5.91 Å². The van der Waals surface area contributed by atoms with Gasteiger partial charge in [-0.05, 0) is 24.6 Å². The summed E-state index contributed by atoms with van der Waals surface area (Å²) in [6.45, 7) is 5.70. The van der Waals surface area contributed by atoms with Gasteiger partial charge >= 0.3 is 0 Å². The molecule has 0 aliphatic carbocycles. The van der Waals surface area contributed by atoms with E-state index in [-0.39, 0.29) is 48.7 Å². The second kappa shape index (κ2) is 10.1. The number of aryl methyl sites for hydroxylation is 1. The highest BCUT2D eigenvalue weighted by Crippen LogP contribution is 2.12. The third kappa shape index (κ3) is 6.07. The molecule has 9 heteroatoms. The minimum Gasteiger partial charge on any atom is -0.339 e. The summed E-state index contributed by atoms with van der Waals surface area (Å²) >= 11 is 0. The number of aromatic nitrogens is 2. The van der Waals surface area contributed by atoms with Crippen molar-refractivity contribution in [1.29, 1.82) is 0 Å². The second-order valence-corrected chi connectivity index (χ2v) is 7.53. The first kappa shape index (κ1) is 22.3. The van der Waals surface area contributed by atoms with Crippen LogP contribution >= 0.6 is 0 Å². The molecule has 1 aromatic carbocycles. The van der Waals surface area contributed by atoms with Crippen molar-refractivity contribution in [3.05, 3.63) is 59.4 Å². The predicted octanol–water partition coefficient (Wildman–Crippen LogP) is 1.65. The molecule has 0 bridgehead atoms. The van der Waals surface area contributed by atoms with Crippen molar-refractivity contribution in [2.75, 3.05) is 32.7 Å². The van der Waals surface area contributed by atoms with Crippen LogP contribution in [0.3, 0.4) is 0 Å². The van der Waals surface area contributed by atoms with Gasteiger partial charge in [-0.15, -0.1) is 0 Å². The molecule has 8 nitrogen and oxygen atoms in total. The highest BCUT2D eigenvalue weighted by molar-refractivity contribution is 5.92. The average Bonchev–Trinajstić information content (AvgIpc) is 2.77. The Bertz CT molecular complexity index is 925. The van der Waals surface area contributed by atoms with E-state index in [4.69, 9.17) is 0 Å². The second-order valence-electron chi connectivity index (χ2n) is 7.53. The van der Waals surface area contributed by atoms with E-state index in [1.807, 2.05) is 0 Å². The van der Waals surface area contributed by atoms with E-state index < -0.39 is 0 Å². The molecule has 164 valence electrons. The van der Waals surface area contributed by atoms with Crippen molar-refractivity contribution in [2.24, 2.45) is 0 Å². The van der Waals surface area contributed by atoms with Crippen LogP contribution in [0.15, 0.2) is 36.7 Å². The molecule has 0 atom stereocenters. The van der Waals surface area contributed by atoms with Crippen LogP contribution in [0, 0.1) is 12.7 Å². The van der Waals surface area contributed by atoms with Gasteiger partial charge in [0.1, 0.15) is 11.5 Å². The minimum absolute atomic E-state index is 0.00220. The molecule has 1 aliphatic heterocycles. The van der Waals surface area contributed by atoms with Crippen molar-refractivity contribution in [3.63, 3.8) is 0 Å². The van der Waals surface area contributed by atoms with Crippen molar-refractivity contribution in [1.82, 2.24) is 24.7 Å². The van der Waals surface area contributed by atoms with Crippen LogP contribution < -0.4 is 0 Å². The fourth-order valence-corrected chi connectivity index (χ4v) is 3.39. The fourth-order valence-electron chi connectivity index (χ4n) is 3.39. The number of amides is 3. The van der Waals surface area contributed by atoms with Gasteiger partial charge in [-0.2, -0.15) is 0 Å². The van der Waals surface area contributed by atoms with Gasteiger partial charge in [0.2, 0.25) is 11.8 Å². The molecule has 2 heterocycles. The summed E-state index contributed by atoms with van der Waals surface area (Å²) in [6, 6.07) is 5.89. The Morgan fingerprint density at radius 1 is 1.00 bits per heavy atom. The molecule has 0 saturated carbocycles. The molecule has 3 rings (SSSR count). The first-order valence-electron chi connectivity index (χ1n) is 10.2. The van der Waals surface area contributed by atoms with Gasteiger partial charge in [0.15, 0.2) is 0 Å². The van der Waals surface area contributed by atoms with Crippen LogP contribution in [-0.4, -0.2) is 75.1 Å². The van der Waals surface area contributed by atoms with Crippen molar-refractivity contribution >= 4 is 17.7 Å². The van der Waals surface area contributed by atoms with E-state index >= 15 is 0 Å². The summed E-state index contributed by atoms with van der Waals surface area (Å²) in [7, 11) is 0. The molecule has 1 saturated heterocycles. The summed E-state index contributed by atoms with van der Waals surface area (Å²) in [5, 5.41) is 0. The topological polar surface area (TPSA) is 86.7 Å². The van der Waals surface area contributed by atoms with Gasteiger partial charge in [-0.3, -0.25) is 19.4 Å². The first-order valence-corrected chi connectivity index (χ1v) is 10.2. The Hall–Kier alpha value is -3.36. The Labute approximate surface area is 180 Å². The molecular weight excluding hydrogens is 401 g/mol. The molecule has 1 aromatic heterocycles. The number of benzene rings is 1. The van der Waals surface area contributed by atoms with E-state index in [2.05, 4.69) is 9.97 Å². The number of carbonyl (C=O) groups is 3. The largest absolute Gasteiger partial charge is 0.339 e. The highest BCUT2D eigenvalue weighted by atomic mass is 19.1. The lowest BCUT2D eigenvalue weighted by molar-refractivity contribution is -0.138. The molecule has 1 fully saturated rings. The van der Waals surface area contributed by atoms with E-state index in [1.54, 1.807) is 28.9 Å². The smallest absolute Gasteiger partial charge is 0.274 e. The SMILES string of the molecule is CC(=O)N1CCN(C(=O)CCN(Cc2ccc(F)cc2)C(=O)c2cnc(C)cn2)CC1. The van der Waals surface area contributed by atoms with Gasteiger partial charge in [0.05, 0.1) is 11.9 Å². The van der Waals surface area contributed by atoms with E-state index in [0.29, 0.717) is 31.9 Å². The molecule has 0 radical (unpaired) electrons. The maximum atomic E-state index is 13.2. The van der Waals surface area contributed by atoms with E-state index in [1.165, 1.54) is 36.4 Å². The summed E-state index contributed by atoms with van der Waals surface area (Å²) in [4.78, 5) is 50.4. The molecule has 0 spiro atoms. The minimum atomic E-state index is -0.356. The third-order valence-corrected chi connectivity index (χ3v) is 5.25. The van der Waals surface area contributed by atoms with Crippen molar-refractivity contribution in [2.45, 2.75) is 26.8 Å². The quantitative estimate of drug-likeness (QED) is 0.700. The lowest BCUT2D eigenvalue weighted by Crippen LogP contribution is -2.50. The van der Waals surface area contributed by atoms with E-state index in [0.717, 1.165) is 5.56 Å². The first-order chi connectivity index (χ1) is 14.8. The third-order valence-electron chi connectivity index (χ3n) is 5.25. The number of nitrogens with zero attached hydrogens (tertiary/aromatic N) is 5. The maximum absolute atomic E-state index is 13.2. The summed E-state index contributed by atoms with van der Waals surface area (Å²) in [6.07, 6.45) is 3.08. The van der Waals surface area contributed by atoms with Gasteiger partial charge in [-0.1, -0.05) is 12.1 Å². The summed E-state index contributed by atoms with van der Waals surface area (Å²) in [5.74, 6) is -0.769. The van der Waals surface area contributed by atoms with Crippen LogP contribution in [0.25, 0.3) is 0 Å². The van der Waals surface area contributed by atoms with Crippen LogP contribution in [0.2, 0.25) is 0 Å². The zero-order valence-corrected chi connectivity index (χ0v) is 17.8. The Balaban J connectivity index is 1.66. The number of carbonyl (C=O) groups excluding carboxylic acids is 3. The monoisotopic (exact) mass is 427 g/mol. The molecule has 2 aromatic rings. The summed E-state index contributed by atoms with van der Waals surface area (Å²) in [5.41, 5.74) is 1.63. The zero-order valence-electron chi connectivity index (χ0n) is 17.8. The molecule has 0 N–H and O–H groups in total. The Morgan fingerprint density at radius 2 is 1.65 bits per heavy atom. The molecule has 0 unspecified atom stereocenters. The van der Waals surface area contributed by atoms with Gasteiger partial charge < -0.3 is 14.7 Å². The van der Waals surface area contributed by atoms with Gasteiger partial charge in [0, 0.05) is 58.8 Å². The normalized spacial score (nSPS) is 13.8. The standard InChI is InChI=1S/C22H26FN5O3/c1-16-13-25-20(14-24-16)22(31)28(15-18-3-5-19(23)6-4-18)8-7-21(30)27-11-9-26(10-12-27)17(2)29/h3-6,13-14H,7-12,15H2,1-2H3. The number of rotatable bonds is 6. The van der Waals surface area contributed by atoms with Crippen LogP contribution in [0.1, 0.15) is 35.1 Å². The van der Waals surface area contributed by atoms with Crippen LogP contribution in [-0.2, 0) is 16.1 Å². The Kier molecular flexibility index (Phi) is 7.28. The predicted molar refractivity (Wildman–Crippen MR) is 111 cm³/mol. The van der Waals surface area contributed by atoms with Gasteiger partial charge in [-0.25, -0.2) is 9.37 Å². The van der Waals surface area contributed by atoms with Crippen molar-refractivity contribution < 1.29 is 18.8 Å². The number of hydrogen-bond donors (Lipinski definition) is 0. The molecular formula is C22H26FN5O3. The van der Waals surface area contributed by atoms with E-state index in [9.17, 15) is 18.8 Å². The number of hydrogen-bond acceptors (Lipinski definition) is 5.